The van der Waals surface area contributed by atoms with E-state index < -0.39 is 5.97 Å². The second-order valence-electron chi connectivity index (χ2n) is 5.34. The van der Waals surface area contributed by atoms with Gasteiger partial charge in [-0.3, -0.25) is 14.3 Å². The number of amides is 1. The van der Waals surface area contributed by atoms with E-state index in [1.54, 1.807) is 24.7 Å². The minimum absolute atomic E-state index is 0.0127. The second-order valence-corrected chi connectivity index (χ2v) is 5.34. The Morgan fingerprint density at radius 2 is 2.05 bits per heavy atom. The molecule has 0 fully saturated rings. The Labute approximate surface area is 119 Å². The van der Waals surface area contributed by atoms with Crippen molar-refractivity contribution in [2.24, 2.45) is 13.0 Å². The van der Waals surface area contributed by atoms with Gasteiger partial charge in [-0.2, -0.15) is 5.10 Å². The van der Waals surface area contributed by atoms with Gasteiger partial charge < -0.3 is 10.4 Å². The van der Waals surface area contributed by atoms with E-state index in [0.29, 0.717) is 12.1 Å². The number of nitrogens with zero attached hydrogens (tertiary/aromatic N) is 2. The van der Waals surface area contributed by atoms with Crippen molar-refractivity contribution >= 4 is 11.9 Å². The van der Waals surface area contributed by atoms with E-state index in [1.165, 1.54) is 0 Å². The number of nitrogens with one attached hydrogen (secondary N) is 1. The third-order valence-electron chi connectivity index (χ3n) is 3.31. The third-order valence-corrected chi connectivity index (χ3v) is 3.31. The molecule has 0 aliphatic rings. The highest BCUT2D eigenvalue weighted by atomic mass is 16.4. The predicted molar refractivity (Wildman–Crippen MR) is 75.5 cm³/mol. The lowest BCUT2D eigenvalue weighted by Crippen LogP contribution is -2.33. The molecule has 0 aromatic carbocycles. The van der Waals surface area contributed by atoms with Gasteiger partial charge in [-0.1, -0.05) is 13.3 Å². The molecule has 0 saturated heterocycles. The van der Waals surface area contributed by atoms with Gasteiger partial charge in [-0.05, 0) is 32.8 Å². The number of hydrogen-bond acceptors (Lipinski definition) is 3. The Hall–Kier alpha value is -1.85. The van der Waals surface area contributed by atoms with E-state index in [9.17, 15) is 9.59 Å². The molecule has 0 bridgehead atoms. The van der Waals surface area contributed by atoms with Crippen LogP contribution in [0.1, 0.15) is 49.3 Å². The first kappa shape index (κ1) is 16.2. The first-order chi connectivity index (χ1) is 9.31. The number of carboxylic acid groups (broad SMARTS) is 1. The third kappa shape index (κ3) is 4.68. The summed E-state index contributed by atoms with van der Waals surface area (Å²) in [7, 11) is 1.74. The van der Waals surface area contributed by atoms with Crippen LogP contribution in [0, 0.1) is 12.8 Å². The maximum Gasteiger partial charge on any atom is 0.306 e. The number of rotatable bonds is 7. The van der Waals surface area contributed by atoms with Crippen LogP contribution in [-0.4, -0.2) is 32.8 Å². The normalized spacial score (nSPS) is 13.8. The van der Waals surface area contributed by atoms with Gasteiger partial charge in [0.2, 0.25) is 0 Å². The number of carbonyl (C=O) groups is 2. The fourth-order valence-electron chi connectivity index (χ4n) is 2.05. The zero-order valence-corrected chi connectivity index (χ0v) is 12.5. The molecule has 0 saturated carbocycles. The molecular formula is C14H23N3O3. The highest BCUT2D eigenvalue weighted by Gasteiger charge is 2.15. The van der Waals surface area contributed by atoms with Crippen LogP contribution in [0.5, 0.6) is 0 Å². The highest BCUT2D eigenvalue weighted by molar-refractivity contribution is 5.92. The molecule has 112 valence electrons. The van der Waals surface area contributed by atoms with Crippen molar-refractivity contribution < 1.29 is 14.7 Å². The molecule has 0 radical (unpaired) electrons. The lowest BCUT2D eigenvalue weighted by Gasteiger charge is -2.14. The number of aromatic nitrogens is 2. The van der Waals surface area contributed by atoms with Gasteiger partial charge in [0.05, 0.1) is 11.6 Å². The molecule has 1 aromatic heterocycles. The molecule has 0 aliphatic heterocycles. The summed E-state index contributed by atoms with van der Waals surface area (Å²) in [6.07, 6.45) is 2.17. The minimum atomic E-state index is -0.771. The first-order valence-electron chi connectivity index (χ1n) is 6.85. The van der Waals surface area contributed by atoms with Gasteiger partial charge in [-0.15, -0.1) is 0 Å². The number of carboxylic acids is 1. The van der Waals surface area contributed by atoms with Crippen molar-refractivity contribution in [1.29, 1.82) is 0 Å². The fraction of sp³-hybridized carbons (Fsp3) is 0.643. The topological polar surface area (TPSA) is 84.2 Å². The van der Waals surface area contributed by atoms with E-state index in [0.717, 1.165) is 18.5 Å². The van der Waals surface area contributed by atoms with Crippen molar-refractivity contribution in [2.75, 3.05) is 0 Å². The summed E-state index contributed by atoms with van der Waals surface area (Å²) in [5.74, 6) is -1.25. The fourth-order valence-corrected chi connectivity index (χ4v) is 2.05. The van der Waals surface area contributed by atoms with Crippen LogP contribution in [0.4, 0.5) is 0 Å². The van der Waals surface area contributed by atoms with E-state index >= 15 is 0 Å². The average Bonchev–Trinajstić information content (AvgIpc) is 2.68. The lowest BCUT2D eigenvalue weighted by molar-refractivity contribution is -0.141. The van der Waals surface area contributed by atoms with Crippen molar-refractivity contribution in [3.05, 3.63) is 17.5 Å². The lowest BCUT2D eigenvalue weighted by atomic mass is 10.0. The Morgan fingerprint density at radius 1 is 1.40 bits per heavy atom. The Morgan fingerprint density at radius 3 is 2.55 bits per heavy atom. The molecule has 2 unspecified atom stereocenters. The van der Waals surface area contributed by atoms with Crippen molar-refractivity contribution in [3.63, 3.8) is 0 Å². The van der Waals surface area contributed by atoms with Gasteiger partial charge in [0.1, 0.15) is 5.69 Å². The molecule has 0 spiro atoms. The molecule has 20 heavy (non-hydrogen) atoms. The minimum Gasteiger partial charge on any atom is -0.481 e. The van der Waals surface area contributed by atoms with Gasteiger partial charge in [0, 0.05) is 13.1 Å². The summed E-state index contributed by atoms with van der Waals surface area (Å²) in [5, 5.41) is 15.8. The van der Waals surface area contributed by atoms with E-state index in [1.807, 2.05) is 13.8 Å². The predicted octanol–water partition coefficient (Wildman–Crippen LogP) is 1.74. The highest BCUT2D eigenvalue weighted by Crippen LogP contribution is 2.10. The summed E-state index contributed by atoms with van der Waals surface area (Å²) in [6.45, 7) is 5.46. The number of aryl methyl sites for hydroxylation is 2. The van der Waals surface area contributed by atoms with Crippen LogP contribution < -0.4 is 5.32 Å². The van der Waals surface area contributed by atoms with Crippen LogP contribution in [0.15, 0.2) is 6.07 Å². The van der Waals surface area contributed by atoms with Crippen molar-refractivity contribution in [3.8, 4) is 0 Å². The zero-order valence-electron chi connectivity index (χ0n) is 12.5. The summed E-state index contributed by atoms with van der Waals surface area (Å²) < 4.78 is 1.56. The summed E-state index contributed by atoms with van der Waals surface area (Å²) in [4.78, 5) is 22.7. The molecule has 2 atom stereocenters. The molecule has 1 rings (SSSR count). The maximum absolute atomic E-state index is 12.0. The van der Waals surface area contributed by atoms with E-state index in [-0.39, 0.29) is 17.9 Å². The van der Waals surface area contributed by atoms with Crippen LogP contribution in [0.2, 0.25) is 0 Å². The molecule has 1 amide bonds. The van der Waals surface area contributed by atoms with E-state index in [2.05, 4.69) is 10.4 Å². The molecule has 2 N–H and O–H groups in total. The van der Waals surface area contributed by atoms with Crippen LogP contribution >= 0.6 is 0 Å². The quantitative estimate of drug-likeness (QED) is 0.797. The molecule has 1 aromatic rings. The monoisotopic (exact) mass is 281 g/mol. The average molecular weight is 281 g/mol. The molecule has 0 aliphatic carbocycles. The Kier molecular flexibility index (Phi) is 5.73. The Bertz CT molecular complexity index is 482. The molecular weight excluding hydrogens is 258 g/mol. The summed E-state index contributed by atoms with van der Waals surface area (Å²) in [6, 6.07) is 1.76. The first-order valence-corrected chi connectivity index (χ1v) is 6.85. The Balaban J connectivity index is 2.39. The smallest absolute Gasteiger partial charge is 0.306 e. The summed E-state index contributed by atoms with van der Waals surface area (Å²) in [5.41, 5.74) is 1.34. The van der Waals surface area contributed by atoms with Crippen LogP contribution in [0.3, 0.4) is 0 Å². The zero-order chi connectivity index (χ0) is 15.3. The maximum atomic E-state index is 12.0. The SMILES string of the molecule is Cc1cc(C(=O)NC(C)CCCC(C)C(=O)O)n(C)n1. The van der Waals surface area contributed by atoms with Crippen molar-refractivity contribution in [2.45, 2.75) is 46.1 Å². The van der Waals surface area contributed by atoms with E-state index in [4.69, 9.17) is 5.11 Å². The van der Waals surface area contributed by atoms with Gasteiger partial charge in [0.25, 0.3) is 5.91 Å². The second kappa shape index (κ2) is 7.07. The molecule has 6 nitrogen and oxygen atoms in total. The van der Waals surface area contributed by atoms with Crippen molar-refractivity contribution in [1.82, 2.24) is 15.1 Å². The molecule has 1 heterocycles. The van der Waals surface area contributed by atoms with Crippen LogP contribution in [0.25, 0.3) is 0 Å². The van der Waals surface area contributed by atoms with Gasteiger partial charge in [0.15, 0.2) is 0 Å². The number of carbonyl (C=O) groups excluding carboxylic acids is 1. The van der Waals surface area contributed by atoms with Gasteiger partial charge in [-0.25, -0.2) is 0 Å². The largest absolute Gasteiger partial charge is 0.481 e. The number of hydrogen-bond donors (Lipinski definition) is 2. The van der Waals surface area contributed by atoms with Gasteiger partial charge >= 0.3 is 5.97 Å². The van der Waals surface area contributed by atoms with Crippen LogP contribution in [-0.2, 0) is 11.8 Å². The summed E-state index contributed by atoms with van der Waals surface area (Å²) >= 11 is 0. The standard InChI is InChI=1S/C14H23N3O3/c1-9(14(19)20)6-5-7-10(2)15-13(18)12-8-11(3)16-17(12)4/h8-10H,5-7H2,1-4H3,(H,15,18)(H,19,20). The molecule has 6 heteroatoms. The number of aliphatic carboxylic acids is 1.